The van der Waals surface area contributed by atoms with Gasteiger partial charge in [-0.3, -0.25) is 9.59 Å². The molecule has 0 aliphatic heterocycles. The Labute approximate surface area is 281 Å². The average molecular weight is 629 g/mol. The summed E-state index contributed by atoms with van der Waals surface area (Å²) in [5.74, 6) is 1.24. The Morgan fingerprint density at radius 1 is 0.354 bits per heavy atom. The number of fused-ring (bicyclic) bond motifs is 6. The van der Waals surface area contributed by atoms with Crippen LogP contribution in [0.4, 0.5) is 0 Å². The molecule has 7 rings (SSSR count). The summed E-state index contributed by atoms with van der Waals surface area (Å²) in [6.07, 6.45) is 2.20. The third-order valence-corrected chi connectivity index (χ3v) is 9.40. The van der Waals surface area contributed by atoms with Crippen molar-refractivity contribution in [2.45, 2.75) is 25.7 Å². The molecule has 0 aromatic heterocycles. The quantitative estimate of drug-likeness (QED) is 0.192. The molecule has 1 aliphatic rings. The van der Waals surface area contributed by atoms with Gasteiger partial charge in [-0.1, -0.05) is 121 Å². The van der Waals surface area contributed by atoms with Crippen LogP contribution in [-0.2, 0) is 25.7 Å². The largest absolute Gasteiger partial charge is 0.493 e. The lowest BCUT2D eigenvalue weighted by molar-refractivity contribution is 0.102. The summed E-state index contributed by atoms with van der Waals surface area (Å²) in [4.78, 5) is 28.9. The molecule has 0 N–H and O–H groups in total. The minimum Gasteiger partial charge on any atom is -0.493 e. The highest BCUT2D eigenvalue weighted by Crippen LogP contribution is 2.35. The first-order valence-corrected chi connectivity index (χ1v) is 16.3. The van der Waals surface area contributed by atoms with E-state index in [9.17, 15) is 9.59 Å². The Balaban J connectivity index is 1.46. The maximum Gasteiger partial charge on any atom is 0.193 e. The van der Waals surface area contributed by atoms with Crippen LogP contribution in [-0.4, -0.2) is 25.8 Å². The van der Waals surface area contributed by atoms with E-state index in [1.165, 1.54) is 0 Å². The SMILES string of the molecule is COc1cc2c(cc1OC)Cc1ccccc1C(=O)c1ccccc1Cc1ccccc1Cc1ccccc1C(=O)c1ccccc1C2. The van der Waals surface area contributed by atoms with E-state index in [1.54, 1.807) is 14.2 Å². The normalized spacial score (nSPS) is 13.0. The summed E-state index contributed by atoms with van der Waals surface area (Å²) in [5, 5.41) is 0. The van der Waals surface area contributed by atoms with Crippen molar-refractivity contribution in [3.63, 3.8) is 0 Å². The molecular formula is C44H36O4. The van der Waals surface area contributed by atoms with Crippen molar-refractivity contribution < 1.29 is 19.1 Å². The number of hydrogen-bond acceptors (Lipinski definition) is 4. The number of ether oxygens (including phenoxy) is 2. The molecule has 0 bridgehead atoms. The molecule has 236 valence electrons. The van der Waals surface area contributed by atoms with Crippen LogP contribution in [0, 0.1) is 0 Å². The van der Waals surface area contributed by atoms with Crippen LogP contribution in [0.3, 0.4) is 0 Å². The zero-order valence-electron chi connectivity index (χ0n) is 27.2. The van der Waals surface area contributed by atoms with Crippen LogP contribution in [0.15, 0.2) is 133 Å². The lowest BCUT2D eigenvalue weighted by Gasteiger charge is -2.19. The van der Waals surface area contributed by atoms with Gasteiger partial charge >= 0.3 is 0 Å². The Kier molecular flexibility index (Phi) is 8.72. The smallest absolute Gasteiger partial charge is 0.193 e. The second-order valence-corrected chi connectivity index (χ2v) is 12.2. The zero-order valence-corrected chi connectivity index (χ0v) is 27.2. The molecular weight excluding hydrogens is 592 g/mol. The van der Waals surface area contributed by atoms with E-state index in [4.69, 9.17) is 9.47 Å². The summed E-state index contributed by atoms with van der Waals surface area (Å²) in [5.41, 5.74) is 10.8. The van der Waals surface area contributed by atoms with Crippen molar-refractivity contribution in [2.24, 2.45) is 0 Å². The molecule has 0 heterocycles. The first-order valence-electron chi connectivity index (χ1n) is 16.3. The van der Waals surface area contributed by atoms with Crippen LogP contribution >= 0.6 is 0 Å². The minimum atomic E-state index is 0.00288. The molecule has 0 atom stereocenters. The van der Waals surface area contributed by atoms with Crippen molar-refractivity contribution in [1.29, 1.82) is 0 Å². The fraction of sp³-hybridized carbons (Fsp3) is 0.136. The molecule has 1 aliphatic carbocycles. The predicted octanol–water partition coefficient (Wildman–Crippen LogP) is 8.84. The van der Waals surface area contributed by atoms with E-state index in [0.29, 0.717) is 59.4 Å². The average Bonchev–Trinajstić information content (AvgIpc) is 3.13. The van der Waals surface area contributed by atoms with Gasteiger partial charge in [-0.05, 0) is 82.3 Å². The van der Waals surface area contributed by atoms with Crippen LogP contribution in [0.25, 0.3) is 0 Å². The lowest BCUT2D eigenvalue weighted by atomic mass is 9.85. The molecule has 48 heavy (non-hydrogen) atoms. The lowest BCUT2D eigenvalue weighted by Crippen LogP contribution is -2.12. The van der Waals surface area contributed by atoms with E-state index in [1.807, 2.05) is 121 Å². The Morgan fingerprint density at radius 2 is 0.604 bits per heavy atom. The van der Waals surface area contributed by atoms with E-state index >= 15 is 0 Å². The van der Waals surface area contributed by atoms with Crippen LogP contribution < -0.4 is 9.47 Å². The number of ketones is 2. The van der Waals surface area contributed by atoms with E-state index in [2.05, 4.69) is 12.1 Å². The predicted molar refractivity (Wildman–Crippen MR) is 190 cm³/mol. The Morgan fingerprint density at radius 3 is 0.896 bits per heavy atom. The topological polar surface area (TPSA) is 52.6 Å². The monoisotopic (exact) mass is 628 g/mol. The third kappa shape index (κ3) is 6.05. The molecule has 0 spiro atoms. The number of benzene rings is 6. The van der Waals surface area contributed by atoms with Gasteiger partial charge in [-0.15, -0.1) is 0 Å². The standard InChI is InChI=1S/C44H36O4/c1-47-41-27-35-25-33-17-7-11-21-39(33)43(45)37-19-9-5-15-31(37)23-29-13-3-4-14-30(29)24-32-16-6-10-20-38(32)44(46)40-22-12-8-18-34(40)26-36(35)28-42(41)48-2/h3-22,27-28H,23-26H2,1-2H3. The minimum absolute atomic E-state index is 0.00288. The van der Waals surface area contributed by atoms with E-state index in [0.717, 1.165) is 44.5 Å². The third-order valence-electron chi connectivity index (χ3n) is 9.40. The highest BCUT2D eigenvalue weighted by molar-refractivity contribution is 6.11. The van der Waals surface area contributed by atoms with Gasteiger partial charge < -0.3 is 9.47 Å². The van der Waals surface area contributed by atoms with Gasteiger partial charge in [0.1, 0.15) is 0 Å². The van der Waals surface area contributed by atoms with Gasteiger partial charge in [0.25, 0.3) is 0 Å². The van der Waals surface area contributed by atoms with Gasteiger partial charge in [0.05, 0.1) is 14.2 Å². The van der Waals surface area contributed by atoms with Crippen molar-refractivity contribution in [1.82, 2.24) is 0 Å². The fourth-order valence-electron chi connectivity index (χ4n) is 6.89. The second-order valence-electron chi connectivity index (χ2n) is 12.2. The summed E-state index contributed by atoms with van der Waals surface area (Å²) < 4.78 is 11.5. The van der Waals surface area contributed by atoms with Gasteiger partial charge in [0.2, 0.25) is 0 Å². The van der Waals surface area contributed by atoms with Crippen LogP contribution in [0.2, 0.25) is 0 Å². The molecule has 6 aromatic rings. The number of rotatable bonds is 2. The molecule has 0 unspecified atom stereocenters. The number of methoxy groups -OCH3 is 2. The van der Waals surface area contributed by atoms with Crippen LogP contribution in [0.5, 0.6) is 11.5 Å². The maximum absolute atomic E-state index is 14.4. The summed E-state index contributed by atoms with van der Waals surface area (Å²) in [7, 11) is 3.26. The van der Waals surface area contributed by atoms with Crippen LogP contribution in [0.1, 0.15) is 76.4 Å². The molecule has 0 fully saturated rings. The molecule has 0 amide bonds. The Bertz CT molecular complexity index is 2010. The summed E-state index contributed by atoms with van der Waals surface area (Å²) >= 11 is 0. The number of hydrogen-bond donors (Lipinski definition) is 0. The Hall–Kier alpha value is -5.74. The molecule has 0 saturated carbocycles. The molecule has 6 aromatic carbocycles. The number of carbonyl (C=O) groups excluding carboxylic acids is 2. The molecule has 0 radical (unpaired) electrons. The molecule has 4 heteroatoms. The van der Waals surface area contributed by atoms with Crippen molar-refractivity contribution in [2.75, 3.05) is 14.2 Å². The fourth-order valence-corrected chi connectivity index (χ4v) is 6.89. The van der Waals surface area contributed by atoms with Crippen molar-refractivity contribution in [3.8, 4) is 11.5 Å². The maximum atomic E-state index is 14.4. The zero-order chi connectivity index (χ0) is 33.0. The highest BCUT2D eigenvalue weighted by atomic mass is 16.5. The van der Waals surface area contributed by atoms with Crippen molar-refractivity contribution in [3.05, 3.63) is 200 Å². The number of carbonyl (C=O) groups is 2. The van der Waals surface area contributed by atoms with Gasteiger partial charge in [-0.25, -0.2) is 0 Å². The second kappa shape index (κ2) is 13.5. The van der Waals surface area contributed by atoms with Gasteiger partial charge in [0.15, 0.2) is 23.1 Å². The highest BCUT2D eigenvalue weighted by Gasteiger charge is 2.23. The first kappa shape index (κ1) is 30.9. The van der Waals surface area contributed by atoms with Crippen molar-refractivity contribution >= 4 is 11.6 Å². The summed E-state index contributed by atoms with van der Waals surface area (Å²) in [6.45, 7) is 0. The van der Waals surface area contributed by atoms with E-state index < -0.39 is 0 Å². The first-order chi connectivity index (χ1) is 23.5. The molecule has 0 saturated heterocycles. The van der Waals surface area contributed by atoms with E-state index in [-0.39, 0.29) is 11.6 Å². The molecule has 4 nitrogen and oxygen atoms in total. The van der Waals surface area contributed by atoms with Gasteiger partial charge in [0, 0.05) is 22.3 Å². The van der Waals surface area contributed by atoms with Gasteiger partial charge in [-0.2, -0.15) is 0 Å². The summed E-state index contributed by atoms with van der Waals surface area (Å²) in [6, 6.07) is 43.9.